The molecule has 0 aliphatic carbocycles. The summed E-state index contributed by atoms with van der Waals surface area (Å²) in [5.74, 6) is 1.77. The van der Waals surface area contributed by atoms with Gasteiger partial charge in [-0.3, -0.25) is 0 Å². The molecule has 5 heteroatoms. The molecule has 23 heavy (non-hydrogen) atoms. The zero-order valence-corrected chi connectivity index (χ0v) is 14.0. The van der Waals surface area contributed by atoms with Gasteiger partial charge in [-0.15, -0.1) is 0 Å². The predicted molar refractivity (Wildman–Crippen MR) is 96.4 cm³/mol. The summed E-state index contributed by atoms with van der Waals surface area (Å²) in [4.78, 5) is 13.9. The molecule has 1 aliphatic rings. The van der Waals surface area contributed by atoms with Crippen molar-refractivity contribution in [3.63, 3.8) is 0 Å². The van der Waals surface area contributed by atoms with Gasteiger partial charge in [0.1, 0.15) is 5.82 Å². The van der Waals surface area contributed by atoms with Crippen molar-refractivity contribution in [2.24, 2.45) is 0 Å². The Hall–Kier alpha value is -2.30. The molecule has 0 bridgehead atoms. The van der Waals surface area contributed by atoms with E-state index in [1.54, 1.807) is 0 Å². The minimum Gasteiger partial charge on any atom is -0.368 e. The molecule has 0 amide bonds. The van der Waals surface area contributed by atoms with Crippen molar-refractivity contribution in [3.8, 4) is 0 Å². The third-order valence-electron chi connectivity index (χ3n) is 4.10. The van der Waals surface area contributed by atoms with E-state index in [0.29, 0.717) is 0 Å². The number of hydrogen-bond donors (Lipinski definition) is 1. The predicted octanol–water partition coefficient (Wildman–Crippen LogP) is 2.93. The van der Waals surface area contributed by atoms with Crippen molar-refractivity contribution < 1.29 is 0 Å². The highest BCUT2D eigenvalue weighted by Crippen LogP contribution is 2.20. The lowest BCUT2D eigenvalue weighted by molar-refractivity contribution is 0.646. The van der Waals surface area contributed by atoms with Gasteiger partial charge in [0.15, 0.2) is 0 Å². The molecule has 0 spiro atoms. The minimum atomic E-state index is 0.743. The maximum atomic E-state index is 4.68. The zero-order chi connectivity index (χ0) is 16.1. The molecule has 5 nitrogen and oxygen atoms in total. The molecule has 2 aromatic rings. The van der Waals surface area contributed by atoms with Crippen LogP contribution in [-0.4, -0.2) is 42.7 Å². The summed E-state index contributed by atoms with van der Waals surface area (Å²) < 4.78 is 0. The average molecular weight is 311 g/mol. The summed E-state index contributed by atoms with van der Waals surface area (Å²) >= 11 is 0. The molecule has 122 valence electrons. The number of benzene rings is 1. The number of hydrogen-bond acceptors (Lipinski definition) is 5. The van der Waals surface area contributed by atoms with E-state index in [2.05, 4.69) is 68.4 Å². The van der Waals surface area contributed by atoms with Crippen LogP contribution < -0.4 is 15.1 Å². The quantitative estimate of drug-likeness (QED) is 0.920. The summed E-state index contributed by atoms with van der Waals surface area (Å²) in [6.07, 6.45) is 1.07. The molecule has 1 aliphatic heterocycles. The maximum absolute atomic E-state index is 4.68. The molecule has 3 rings (SSSR count). The molecule has 0 unspecified atom stereocenters. The number of para-hydroxylation sites is 1. The minimum absolute atomic E-state index is 0.743. The lowest BCUT2D eigenvalue weighted by atomic mass is 10.2. The summed E-state index contributed by atoms with van der Waals surface area (Å²) in [6, 6.07) is 12.7. The summed E-state index contributed by atoms with van der Waals surface area (Å²) in [5.41, 5.74) is 2.32. The van der Waals surface area contributed by atoms with Crippen LogP contribution in [0.25, 0.3) is 0 Å². The first-order valence-corrected chi connectivity index (χ1v) is 8.41. The normalized spacial score (nSPS) is 14.9. The molecule has 1 aromatic carbocycles. The molecule has 1 saturated heterocycles. The largest absolute Gasteiger partial charge is 0.368 e. The summed E-state index contributed by atoms with van der Waals surface area (Å²) in [7, 11) is 0. The Bertz CT molecular complexity index is 621. The Morgan fingerprint density at radius 1 is 1.00 bits per heavy atom. The van der Waals surface area contributed by atoms with Crippen molar-refractivity contribution in [1.29, 1.82) is 0 Å². The monoisotopic (exact) mass is 311 g/mol. The number of nitrogens with one attached hydrogen (secondary N) is 1. The van der Waals surface area contributed by atoms with Crippen molar-refractivity contribution in [1.82, 2.24) is 9.97 Å². The molecule has 2 heterocycles. The van der Waals surface area contributed by atoms with Crippen LogP contribution in [0.3, 0.4) is 0 Å². The first-order chi connectivity index (χ1) is 11.3. The highest BCUT2D eigenvalue weighted by atomic mass is 15.3. The molecule has 0 atom stereocenters. The molecular formula is C18H25N5. The number of nitrogens with zero attached hydrogens (tertiary/aromatic N) is 4. The second kappa shape index (κ2) is 7.31. The average Bonchev–Trinajstić information content (AvgIpc) is 2.60. The Kier molecular flexibility index (Phi) is 4.95. The van der Waals surface area contributed by atoms with Crippen LogP contribution in [0.1, 0.15) is 19.0 Å². The van der Waals surface area contributed by atoms with E-state index in [-0.39, 0.29) is 0 Å². The van der Waals surface area contributed by atoms with E-state index in [1.165, 1.54) is 5.69 Å². The molecule has 1 fully saturated rings. The van der Waals surface area contributed by atoms with Crippen LogP contribution in [0.2, 0.25) is 0 Å². The Morgan fingerprint density at radius 2 is 1.70 bits per heavy atom. The fourth-order valence-electron chi connectivity index (χ4n) is 2.86. The fourth-order valence-corrected chi connectivity index (χ4v) is 2.86. The van der Waals surface area contributed by atoms with Gasteiger partial charge in [-0.25, -0.2) is 4.98 Å². The van der Waals surface area contributed by atoms with E-state index in [0.717, 1.165) is 56.6 Å². The van der Waals surface area contributed by atoms with Crippen molar-refractivity contribution in [2.75, 3.05) is 47.8 Å². The van der Waals surface area contributed by atoms with Gasteiger partial charge in [0.25, 0.3) is 0 Å². The first kappa shape index (κ1) is 15.6. The van der Waals surface area contributed by atoms with Crippen molar-refractivity contribution in [2.45, 2.75) is 20.3 Å². The fraction of sp³-hybridized carbons (Fsp3) is 0.444. The van der Waals surface area contributed by atoms with Gasteiger partial charge in [-0.05, 0) is 25.5 Å². The number of rotatable bonds is 5. The van der Waals surface area contributed by atoms with E-state index in [1.807, 2.05) is 6.92 Å². The third kappa shape index (κ3) is 3.92. The molecule has 1 aromatic heterocycles. The van der Waals surface area contributed by atoms with Crippen molar-refractivity contribution in [3.05, 3.63) is 42.1 Å². The van der Waals surface area contributed by atoms with Gasteiger partial charge in [-0.1, -0.05) is 25.1 Å². The van der Waals surface area contributed by atoms with Crippen LogP contribution in [0.15, 0.2) is 36.4 Å². The van der Waals surface area contributed by atoms with Gasteiger partial charge in [0.2, 0.25) is 5.95 Å². The molecule has 1 N–H and O–H groups in total. The van der Waals surface area contributed by atoms with Crippen LogP contribution >= 0.6 is 0 Å². The molecule has 0 radical (unpaired) electrons. The van der Waals surface area contributed by atoms with Gasteiger partial charge in [0, 0.05) is 50.2 Å². The van der Waals surface area contributed by atoms with Crippen LogP contribution in [-0.2, 0) is 0 Å². The third-order valence-corrected chi connectivity index (χ3v) is 4.10. The zero-order valence-electron chi connectivity index (χ0n) is 14.0. The summed E-state index contributed by atoms with van der Waals surface area (Å²) in [6.45, 7) is 9.09. The highest BCUT2D eigenvalue weighted by molar-refractivity contribution is 5.50. The maximum Gasteiger partial charge on any atom is 0.224 e. The van der Waals surface area contributed by atoms with Gasteiger partial charge in [-0.2, -0.15) is 4.98 Å². The Morgan fingerprint density at radius 3 is 2.39 bits per heavy atom. The number of piperazine rings is 1. The van der Waals surface area contributed by atoms with E-state index in [9.17, 15) is 0 Å². The topological polar surface area (TPSA) is 44.3 Å². The summed E-state index contributed by atoms with van der Waals surface area (Å²) in [5, 5.41) is 3.29. The smallest absolute Gasteiger partial charge is 0.224 e. The van der Waals surface area contributed by atoms with E-state index >= 15 is 0 Å². The van der Waals surface area contributed by atoms with Gasteiger partial charge in [0.05, 0.1) is 0 Å². The van der Waals surface area contributed by atoms with Crippen LogP contribution in [0, 0.1) is 6.92 Å². The van der Waals surface area contributed by atoms with Crippen LogP contribution in [0.5, 0.6) is 0 Å². The number of aromatic nitrogens is 2. The van der Waals surface area contributed by atoms with Crippen molar-refractivity contribution >= 4 is 17.5 Å². The lowest BCUT2D eigenvalue weighted by Crippen LogP contribution is -2.46. The standard InChI is InChI=1S/C18H25N5/c1-3-9-19-18-20-15(2)14-17(21-18)23-12-10-22(11-13-23)16-7-5-4-6-8-16/h4-8,14H,3,9-13H2,1-2H3,(H,19,20,21). The van der Waals surface area contributed by atoms with Gasteiger partial charge >= 0.3 is 0 Å². The first-order valence-electron chi connectivity index (χ1n) is 8.41. The molecule has 0 saturated carbocycles. The Labute approximate surface area is 138 Å². The number of aryl methyl sites for hydroxylation is 1. The Balaban J connectivity index is 1.66. The second-order valence-electron chi connectivity index (χ2n) is 5.93. The SMILES string of the molecule is CCCNc1nc(C)cc(N2CCN(c3ccccc3)CC2)n1. The molecular weight excluding hydrogens is 286 g/mol. The number of anilines is 3. The second-order valence-corrected chi connectivity index (χ2v) is 5.93. The van der Waals surface area contributed by atoms with Gasteiger partial charge < -0.3 is 15.1 Å². The van der Waals surface area contributed by atoms with E-state index in [4.69, 9.17) is 0 Å². The van der Waals surface area contributed by atoms with Crippen LogP contribution in [0.4, 0.5) is 17.5 Å². The lowest BCUT2D eigenvalue weighted by Gasteiger charge is -2.36. The highest BCUT2D eigenvalue weighted by Gasteiger charge is 2.19. The van der Waals surface area contributed by atoms with E-state index < -0.39 is 0 Å².